The van der Waals surface area contributed by atoms with E-state index >= 15 is 0 Å². The van der Waals surface area contributed by atoms with E-state index in [1.54, 1.807) is 54.6 Å². The third-order valence-electron chi connectivity index (χ3n) is 4.33. The van der Waals surface area contributed by atoms with Crippen LogP contribution < -0.4 is 14.4 Å². The molecule has 3 rings (SSSR count). The molecule has 0 saturated heterocycles. The fourth-order valence-corrected chi connectivity index (χ4v) is 4.94. The summed E-state index contributed by atoms with van der Waals surface area (Å²) in [6.07, 6.45) is 0. The molecule has 0 spiro atoms. The second kappa shape index (κ2) is 10.7. The number of benzene rings is 3. The Kier molecular flexibility index (Phi) is 8.21. The zero-order valence-electron chi connectivity index (χ0n) is 16.9. The van der Waals surface area contributed by atoms with E-state index in [-0.39, 0.29) is 4.90 Å². The summed E-state index contributed by atoms with van der Waals surface area (Å²) < 4.78 is 34.8. The lowest BCUT2D eigenvalue weighted by atomic mass is 10.3. The summed E-state index contributed by atoms with van der Waals surface area (Å²) in [5.74, 6) is 0.0872. The Labute approximate surface area is 208 Å². The number of halogens is 3. The average Bonchev–Trinajstić information content (AvgIpc) is 2.76. The number of hydrogen-bond acceptors (Lipinski definition) is 4. The van der Waals surface area contributed by atoms with Crippen LogP contribution in [0.1, 0.15) is 6.92 Å². The van der Waals surface area contributed by atoms with Gasteiger partial charge in [-0.15, -0.1) is 0 Å². The number of carbonyl (C=O) groups excluding carboxylic acids is 1. The lowest BCUT2D eigenvalue weighted by molar-refractivity contribution is -0.114. The minimum absolute atomic E-state index is 0.0640. The normalized spacial score (nSPS) is 11.1. The lowest BCUT2D eigenvalue weighted by Crippen LogP contribution is -2.38. The van der Waals surface area contributed by atoms with Crippen LogP contribution in [-0.4, -0.2) is 27.5 Å². The number of nitrogens with one attached hydrogen (secondary N) is 1. The molecular formula is C22H19Br2ClN2O4S. The molecule has 0 heterocycles. The maximum absolute atomic E-state index is 13.4. The maximum atomic E-state index is 13.4. The molecule has 168 valence electrons. The molecule has 1 N–H and O–H groups in total. The molecule has 32 heavy (non-hydrogen) atoms. The molecule has 3 aromatic rings. The summed E-state index contributed by atoms with van der Waals surface area (Å²) in [7, 11) is -4.02. The van der Waals surface area contributed by atoms with Crippen LogP contribution in [0.4, 0.5) is 11.4 Å². The predicted molar refractivity (Wildman–Crippen MR) is 134 cm³/mol. The van der Waals surface area contributed by atoms with Crippen LogP contribution >= 0.6 is 43.5 Å². The number of nitrogens with zero attached hydrogens (tertiary/aromatic N) is 1. The minimum Gasteiger partial charge on any atom is -0.494 e. The van der Waals surface area contributed by atoms with Gasteiger partial charge in [-0.2, -0.15) is 0 Å². The molecule has 0 atom stereocenters. The molecule has 0 saturated carbocycles. The average molecular weight is 603 g/mol. The van der Waals surface area contributed by atoms with Crippen molar-refractivity contribution in [1.29, 1.82) is 0 Å². The van der Waals surface area contributed by atoms with Crippen molar-refractivity contribution in [1.82, 2.24) is 0 Å². The van der Waals surface area contributed by atoms with E-state index in [1.165, 1.54) is 12.1 Å². The number of anilines is 2. The summed E-state index contributed by atoms with van der Waals surface area (Å²) in [6.45, 7) is 1.91. The highest BCUT2D eigenvalue weighted by atomic mass is 79.9. The number of amides is 1. The van der Waals surface area contributed by atoms with Crippen LogP contribution in [-0.2, 0) is 14.8 Å². The summed E-state index contributed by atoms with van der Waals surface area (Å²) in [5.41, 5.74) is 0.788. The van der Waals surface area contributed by atoms with Crippen LogP contribution in [0.25, 0.3) is 0 Å². The number of hydrogen-bond donors (Lipinski definition) is 1. The van der Waals surface area contributed by atoms with Crippen molar-refractivity contribution in [2.45, 2.75) is 11.8 Å². The van der Waals surface area contributed by atoms with Gasteiger partial charge in [-0.25, -0.2) is 8.42 Å². The largest absolute Gasteiger partial charge is 0.494 e. The first-order chi connectivity index (χ1) is 15.2. The highest BCUT2D eigenvalue weighted by Crippen LogP contribution is 2.28. The van der Waals surface area contributed by atoms with E-state index in [2.05, 4.69) is 37.2 Å². The standard InChI is InChI=1S/C22H19Br2ClN2O4S/c1-2-31-18-8-6-17(7-9-18)27(32(29,30)19-10-3-15(23)4-11-19)14-22(28)26-16-5-12-20(24)21(25)13-16/h3-13H,2,14H2,1H3,(H,26,28). The molecule has 0 bridgehead atoms. The Morgan fingerprint density at radius 1 is 1.03 bits per heavy atom. The van der Waals surface area contributed by atoms with Crippen molar-refractivity contribution < 1.29 is 17.9 Å². The Morgan fingerprint density at radius 2 is 1.69 bits per heavy atom. The van der Waals surface area contributed by atoms with E-state index < -0.39 is 22.5 Å². The van der Waals surface area contributed by atoms with Gasteiger partial charge < -0.3 is 10.1 Å². The van der Waals surface area contributed by atoms with Gasteiger partial charge in [0.15, 0.2) is 0 Å². The third kappa shape index (κ3) is 6.04. The molecule has 0 unspecified atom stereocenters. The molecule has 0 aliphatic heterocycles. The number of carbonyl (C=O) groups is 1. The molecule has 3 aromatic carbocycles. The zero-order chi connectivity index (χ0) is 23.3. The SMILES string of the molecule is CCOc1ccc(N(CC(=O)Nc2ccc(Br)c(Cl)c2)S(=O)(=O)c2ccc(Br)cc2)cc1. The van der Waals surface area contributed by atoms with Crippen molar-refractivity contribution in [2.24, 2.45) is 0 Å². The van der Waals surface area contributed by atoms with E-state index in [0.29, 0.717) is 33.2 Å². The second-order valence-electron chi connectivity index (χ2n) is 6.57. The van der Waals surface area contributed by atoms with Gasteiger partial charge in [0, 0.05) is 14.6 Å². The fourth-order valence-electron chi connectivity index (χ4n) is 2.83. The van der Waals surface area contributed by atoms with Crippen molar-refractivity contribution in [3.8, 4) is 5.75 Å². The second-order valence-corrected chi connectivity index (χ2v) is 10.6. The van der Waals surface area contributed by atoms with E-state index in [0.717, 1.165) is 8.78 Å². The van der Waals surface area contributed by atoms with Crippen LogP contribution in [0.5, 0.6) is 5.75 Å². The van der Waals surface area contributed by atoms with Crippen molar-refractivity contribution >= 4 is 70.8 Å². The first-order valence-corrected chi connectivity index (χ1v) is 12.9. The van der Waals surface area contributed by atoms with Crippen molar-refractivity contribution in [2.75, 3.05) is 22.8 Å². The maximum Gasteiger partial charge on any atom is 0.264 e. The molecule has 0 aliphatic rings. The molecule has 6 nitrogen and oxygen atoms in total. The number of ether oxygens (including phenoxy) is 1. The lowest BCUT2D eigenvalue weighted by Gasteiger charge is -2.24. The Bertz CT molecular complexity index is 1200. The fraction of sp³-hybridized carbons (Fsp3) is 0.136. The Balaban J connectivity index is 1.93. The van der Waals surface area contributed by atoms with Crippen LogP contribution in [0.15, 0.2) is 80.6 Å². The Morgan fingerprint density at radius 3 is 2.28 bits per heavy atom. The zero-order valence-corrected chi connectivity index (χ0v) is 21.6. The molecule has 10 heteroatoms. The van der Waals surface area contributed by atoms with Gasteiger partial charge in [0.2, 0.25) is 5.91 Å². The van der Waals surface area contributed by atoms with Crippen LogP contribution in [0, 0.1) is 0 Å². The highest BCUT2D eigenvalue weighted by Gasteiger charge is 2.27. The smallest absolute Gasteiger partial charge is 0.264 e. The van der Waals surface area contributed by atoms with Crippen LogP contribution in [0.3, 0.4) is 0 Å². The first kappa shape index (κ1) is 24.6. The number of sulfonamides is 1. The van der Waals surface area contributed by atoms with E-state index in [1.807, 2.05) is 6.92 Å². The van der Waals surface area contributed by atoms with Gasteiger partial charge in [0.25, 0.3) is 10.0 Å². The van der Waals surface area contributed by atoms with Crippen molar-refractivity contribution in [3.63, 3.8) is 0 Å². The quantitative estimate of drug-likeness (QED) is 0.338. The summed E-state index contributed by atoms with van der Waals surface area (Å²) in [4.78, 5) is 12.9. The van der Waals surface area contributed by atoms with Gasteiger partial charge >= 0.3 is 0 Å². The third-order valence-corrected chi connectivity index (χ3v) is 7.88. The van der Waals surface area contributed by atoms with Gasteiger partial charge in [-0.05, 0) is 89.6 Å². The summed E-state index contributed by atoms with van der Waals surface area (Å²) in [6, 6.07) is 17.7. The predicted octanol–water partition coefficient (Wildman–Crippen LogP) is 6.10. The Hall–Kier alpha value is -2.07. The van der Waals surface area contributed by atoms with E-state index in [9.17, 15) is 13.2 Å². The number of rotatable bonds is 8. The molecule has 0 aliphatic carbocycles. The minimum atomic E-state index is -4.02. The van der Waals surface area contributed by atoms with Gasteiger partial charge in [0.1, 0.15) is 12.3 Å². The molecule has 1 amide bonds. The van der Waals surface area contributed by atoms with Gasteiger partial charge in [-0.1, -0.05) is 27.5 Å². The van der Waals surface area contributed by atoms with Crippen LogP contribution in [0.2, 0.25) is 5.02 Å². The highest BCUT2D eigenvalue weighted by molar-refractivity contribution is 9.10. The van der Waals surface area contributed by atoms with E-state index in [4.69, 9.17) is 16.3 Å². The molecular weight excluding hydrogens is 584 g/mol. The summed E-state index contributed by atoms with van der Waals surface area (Å²) in [5, 5.41) is 3.12. The topological polar surface area (TPSA) is 75.7 Å². The van der Waals surface area contributed by atoms with Gasteiger partial charge in [0.05, 0.1) is 22.2 Å². The monoisotopic (exact) mass is 600 g/mol. The summed E-state index contributed by atoms with van der Waals surface area (Å²) >= 11 is 12.7. The van der Waals surface area contributed by atoms with Crippen molar-refractivity contribution in [3.05, 3.63) is 80.7 Å². The first-order valence-electron chi connectivity index (χ1n) is 9.47. The molecule has 0 radical (unpaired) electrons. The molecule has 0 aromatic heterocycles. The molecule has 0 fully saturated rings. The van der Waals surface area contributed by atoms with Gasteiger partial charge in [-0.3, -0.25) is 9.10 Å².